The number of aromatic nitrogens is 1. The van der Waals surface area contributed by atoms with Crippen LogP contribution in [0.25, 0.3) is 10.9 Å². The number of benzene rings is 3. The summed E-state index contributed by atoms with van der Waals surface area (Å²) in [5, 5.41) is 10.3. The van der Waals surface area contributed by atoms with Crippen LogP contribution in [-0.2, 0) is 21.2 Å². The maximum Gasteiger partial charge on any atom is 0.304 e. The van der Waals surface area contributed by atoms with Crippen LogP contribution < -0.4 is 4.74 Å². The van der Waals surface area contributed by atoms with Crippen LogP contribution in [0.2, 0.25) is 0 Å². The van der Waals surface area contributed by atoms with Gasteiger partial charge in [-0.3, -0.25) is 4.79 Å². The van der Waals surface area contributed by atoms with E-state index in [1.807, 2.05) is 36.5 Å². The van der Waals surface area contributed by atoms with E-state index in [4.69, 9.17) is 9.84 Å². The predicted molar refractivity (Wildman–Crippen MR) is 149 cm³/mol. The largest absolute Gasteiger partial charge is 0.489 e. The number of carbonyl (C=O) groups is 1. The van der Waals surface area contributed by atoms with Gasteiger partial charge in [-0.1, -0.05) is 42.3 Å². The number of sulfone groups is 1. The molecular weight excluding hydrogens is 498 g/mol. The molecule has 2 atom stereocenters. The molecule has 0 amide bonds. The van der Waals surface area contributed by atoms with E-state index in [0.29, 0.717) is 17.3 Å². The van der Waals surface area contributed by atoms with E-state index < -0.39 is 15.8 Å². The first-order chi connectivity index (χ1) is 18.1. The average Bonchev–Trinajstić information content (AvgIpc) is 3.32. The van der Waals surface area contributed by atoms with E-state index >= 15 is 0 Å². The molecule has 0 saturated carbocycles. The minimum atomic E-state index is -3.29. The Morgan fingerprint density at radius 3 is 2.45 bits per heavy atom. The zero-order valence-corrected chi connectivity index (χ0v) is 22.7. The van der Waals surface area contributed by atoms with E-state index in [0.717, 1.165) is 33.2 Å². The van der Waals surface area contributed by atoms with Crippen molar-refractivity contribution >= 4 is 26.7 Å². The second-order valence-electron chi connectivity index (χ2n) is 9.43. The molecule has 0 aliphatic rings. The topological polar surface area (TPSA) is 85.6 Å². The number of hydrogen-bond acceptors (Lipinski definition) is 4. The van der Waals surface area contributed by atoms with Crippen molar-refractivity contribution in [2.24, 2.45) is 0 Å². The molecule has 0 radical (unpaired) electrons. The van der Waals surface area contributed by atoms with Crippen molar-refractivity contribution in [2.45, 2.75) is 50.7 Å². The van der Waals surface area contributed by atoms with Gasteiger partial charge in [0.05, 0.1) is 28.8 Å². The number of hydrogen-bond donors (Lipinski definition) is 1. The Morgan fingerprint density at radius 2 is 1.79 bits per heavy atom. The fraction of sp³-hybridized carbons (Fsp3) is 0.258. The van der Waals surface area contributed by atoms with Crippen LogP contribution in [0.3, 0.4) is 0 Å². The van der Waals surface area contributed by atoms with Gasteiger partial charge in [0.1, 0.15) is 12.4 Å². The van der Waals surface area contributed by atoms with Crippen LogP contribution in [0.15, 0.2) is 77.8 Å². The molecule has 196 valence electrons. The lowest BCUT2D eigenvalue weighted by Crippen LogP contribution is -2.08. The maximum absolute atomic E-state index is 12.1. The molecule has 4 aromatic rings. The van der Waals surface area contributed by atoms with Crippen LogP contribution >= 0.6 is 0 Å². The second kappa shape index (κ2) is 11.2. The van der Waals surface area contributed by atoms with E-state index in [2.05, 4.69) is 48.5 Å². The Morgan fingerprint density at radius 1 is 1.05 bits per heavy atom. The summed E-state index contributed by atoms with van der Waals surface area (Å²) in [6.45, 7) is 6.21. The molecule has 0 saturated heterocycles. The van der Waals surface area contributed by atoms with Gasteiger partial charge in [-0.15, -0.1) is 5.92 Å². The highest BCUT2D eigenvalue weighted by atomic mass is 32.2. The zero-order chi connectivity index (χ0) is 27.4. The molecule has 0 aliphatic heterocycles. The number of aryl methyl sites for hydroxylation is 1. The molecule has 1 N–H and O–H groups in total. The smallest absolute Gasteiger partial charge is 0.304 e. The summed E-state index contributed by atoms with van der Waals surface area (Å²) in [7, 11) is -3.29. The second-order valence-corrected chi connectivity index (χ2v) is 11.4. The number of fused-ring (bicyclic) bond motifs is 1. The molecule has 0 aliphatic carbocycles. The highest BCUT2D eigenvalue weighted by Crippen LogP contribution is 2.30. The lowest BCUT2D eigenvalue weighted by molar-refractivity contribution is -0.137. The first-order valence-corrected chi connectivity index (χ1v) is 14.2. The molecule has 38 heavy (non-hydrogen) atoms. The number of nitrogens with zero attached hydrogens (tertiary/aromatic N) is 1. The summed E-state index contributed by atoms with van der Waals surface area (Å²) >= 11 is 0. The Balaban J connectivity index is 1.56. The molecule has 0 spiro atoms. The number of aliphatic carboxylic acids is 1. The van der Waals surface area contributed by atoms with Crippen molar-refractivity contribution in [3.63, 3.8) is 0 Å². The van der Waals surface area contributed by atoms with Gasteiger partial charge in [0, 0.05) is 12.5 Å². The van der Waals surface area contributed by atoms with Crippen LogP contribution in [0.4, 0.5) is 0 Å². The molecule has 7 heteroatoms. The fourth-order valence-electron chi connectivity index (χ4n) is 4.68. The van der Waals surface area contributed by atoms with E-state index in [1.165, 1.54) is 6.26 Å². The molecule has 1 aromatic heterocycles. The Bertz CT molecular complexity index is 1640. The van der Waals surface area contributed by atoms with Crippen molar-refractivity contribution < 1.29 is 23.1 Å². The molecule has 0 fully saturated rings. The summed E-state index contributed by atoms with van der Waals surface area (Å²) in [6.07, 6.45) is 3.21. The van der Waals surface area contributed by atoms with Crippen LogP contribution in [0, 0.1) is 18.8 Å². The number of rotatable bonds is 9. The van der Waals surface area contributed by atoms with Gasteiger partial charge < -0.3 is 14.4 Å². The van der Waals surface area contributed by atoms with Crippen molar-refractivity contribution in [2.75, 3.05) is 6.26 Å². The monoisotopic (exact) mass is 529 g/mol. The lowest BCUT2D eigenvalue weighted by Gasteiger charge is -2.19. The molecule has 0 bridgehead atoms. The predicted octanol–water partition coefficient (Wildman–Crippen LogP) is 6.12. The van der Waals surface area contributed by atoms with Gasteiger partial charge in [0.2, 0.25) is 0 Å². The summed E-state index contributed by atoms with van der Waals surface area (Å²) in [5.41, 5.74) is 4.97. The van der Waals surface area contributed by atoms with Gasteiger partial charge in [-0.25, -0.2) is 8.42 Å². The minimum Gasteiger partial charge on any atom is -0.489 e. The Kier molecular flexibility index (Phi) is 7.94. The third-order valence-electron chi connectivity index (χ3n) is 6.81. The average molecular weight is 530 g/mol. The molecule has 6 nitrogen and oxygen atoms in total. The van der Waals surface area contributed by atoms with Crippen molar-refractivity contribution in [1.82, 2.24) is 4.57 Å². The van der Waals surface area contributed by atoms with Crippen LogP contribution in [-0.4, -0.2) is 30.3 Å². The molecule has 4 rings (SSSR count). The summed E-state index contributed by atoms with van der Waals surface area (Å²) in [6, 6.07) is 20.6. The summed E-state index contributed by atoms with van der Waals surface area (Å²) in [5.74, 6) is 5.22. The maximum atomic E-state index is 12.1. The van der Waals surface area contributed by atoms with E-state index in [9.17, 15) is 13.2 Å². The highest BCUT2D eigenvalue weighted by molar-refractivity contribution is 7.90. The minimum absolute atomic E-state index is 0.0448. The first-order valence-electron chi connectivity index (χ1n) is 12.3. The van der Waals surface area contributed by atoms with Crippen LogP contribution in [0.1, 0.15) is 54.5 Å². The lowest BCUT2D eigenvalue weighted by atomic mass is 9.96. The van der Waals surface area contributed by atoms with Gasteiger partial charge >= 0.3 is 5.97 Å². The summed E-state index contributed by atoms with van der Waals surface area (Å²) < 4.78 is 32.4. The van der Waals surface area contributed by atoms with Crippen molar-refractivity contribution in [3.8, 4) is 17.6 Å². The third kappa shape index (κ3) is 5.92. The number of carboxylic acids is 1. The first kappa shape index (κ1) is 27.0. The van der Waals surface area contributed by atoms with Gasteiger partial charge in [0.25, 0.3) is 0 Å². The zero-order valence-electron chi connectivity index (χ0n) is 21.9. The Labute approximate surface area is 223 Å². The highest BCUT2D eigenvalue weighted by Gasteiger charge is 2.17. The molecule has 1 heterocycles. The fourth-order valence-corrected chi connectivity index (χ4v) is 5.35. The van der Waals surface area contributed by atoms with Gasteiger partial charge in [-0.05, 0) is 78.7 Å². The van der Waals surface area contributed by atoms with Gasteiger partial charge in [-0.2, -0.15) is 0 Å². The normalized spacial score (nSPS) is 12.9. The van der Waals surface area contributed by atoms with Crippen LogP contribution in [0.5, 0.6) is 5.75 Å². The van der Waals surface area contributed by atoms with E-state index in [1.54, 1.807) is 25.1 Å². The third-order valence-corrected chi connectivity index (χ3v) is 7.92. The SMILES string of the molecule is CC#C[C@@H](CC(=O)O)c1ccc(OCc2ccc3ccn(C(C)c4cccc(S(C)(=O)=O)c4)c3c2C)cc1. The van der Waals surface area contributed by atoms with Gasteiger partial charge in [0.15, 0.2) is 9.84 Å². The van der Waals surface area contributed by atoms with E-state index in [-0.39, 0.29) is 18.4 Å². The summed E-state index contributed by atoms with van der Waals surface area (Å²) in [4.78, 5) is 11.5. The standard InChI is InChI=1S/C31H31NO5S/c1-5-7-26(19-30(33)34)23-12-14-28(15-13-23)37-20-27-11-10-24-16-17-32(31(24)21(27)2)22(3)25-8-6-9-29(18-25)38(4,35)36/h6,8-18,22,26H,19-20H2,1-4H3,(H,33,34)/t22?,26-/m0/s1. The van der Waals surface area contributed by atoms with Crippen molar-refractivity contribution in [1.29, 1.82) is 0 Å². The van der Waals surface area contributed by atoms with Crippen molar-refractivity contribution in [3.05, 3.63) is 95.2 Å². The molecule has 3 aromatic carbocycles. The number of ether oxygens (including phenoxy) is 1. The molecular formula is C31H31NO5S. The number of carboxylic acid groups (broad SMARTS) is 1. The molecule has 1 unspecified atom stereocenters. The Hall–Kier alpha value is -4.02. The quantitative estimate of drug-likeness (QED) is 0.264.